The molecule has 0 saturated carbocycles. The first-order valence-corrected chi connectivity index (χ1v) is 12.4. The number of fused-ring (bicyclic) bond motifs is 1. The zero-order valence-corrected chi connectivity index (χ0v) is 22.3. The summed E-state index contributed by atoms with van der Waals surface area (Å²) >= 11 is 9.79. The Morgan fingerprint density at radius 3 is 2.69 bits per heavy atom. The highest BCUT2D eigenvalue weighted by Crippen LogP contribution is 2.25. The van der Waals surface area contributed by atoms with Crippen LogP contribution in [0.2, 0.25) is 5.02 Å². The first-order valence-electron chi connectivity index (χ1n) is 11.3. The van der Waals surface area contributed by atoms with Gasteiger partial charge in [-0.25, -0.2) is 4.98 Å². The number of ether oxygens (including phenoxy) is 1. The number of halogens is 2. The maximum Gasteiger partial charge on any atom is 0.282 e. The number of hydrogen-bond donors (Lipinski definition) is 1. The van der Waals surface area contributed by atoms with Gasteiger partial charge in [0.15, 0.2) is 6.61 Å². The van der Waals surface area contributed by atoms with Crippen molar-refractivity contribution >= 4 is 56.2 Å². The number of nitrogens with zero attached hydrogens (tertiary/aromatic N) is 3. The number of anilines is 1. The van der Waals surface area contributed by atoms with Crippen molar-refractivity contribution in [3.8, 4) is 5.75 Å². The molecule has 1 amide bonds. The second-order valence-corrected chi connectivity index (χ2v) is 9.81. The fourth-order valence-corrected chi connectivity index (χ4v) is 4.14. The van der Waals surface area contributed by atoms with Gasteiger partial charge >= 0.3 is 0 Å². The van der Waals surface area contributed by atoms with E-state index in [-0.39, 0.29) is 24.0 Å². The molecule has 0 saturated heterocycles. The third kappa shape index (κ3) is 5.83. The number of carbonyl (C=O) groups excluding carboxylic acids is 1. The molecule has 0 radical (unpaired) electrons. The van der Waals surface area contributed by atoms with Crippen LogP contribution < -0.4 is 15.6 Å². The Kier molecular flexibility index (Phi) is 7.86. The first-order chi connectivity index (χ1) is 17.2. The molecule has 1 aromatic heterocycles. The zero-order valence-electron chi connectivity index (χ0n) is 20.0. The number of carbonyl (C=O) groups is 1. The lowest BCUT2D eigenvalue weighted by Crippen LogP contribution is -2.23. The lowest BCUT2D eigenvalue weighted by Gasteiger charge is -2.12. The SMILES string of the molecule is Cc1ccccc1NC(=O)COc1ccc(C=Nn2c(C(C)C)nc3ccc(Br)cc3c2=O)cc1Cl. The number of nitrogens with one attached hydrogen (secondary N) is 1. The fraction of sp³-hybridized carbons (Fsp3) is 0.185. The predicted molar refractivity (Wildman–Crippen MR) is 148 cm³/mol. The number of para-hydroxylation sites is 1. The topological polar surface area (TPSA) is 85.6 Å². The minimum absolute atomic E-state index is 0.0203. The van der Waals surface area contributed by atoms with Gasteiger partial charge in [0, 0.05) is 16.1 Å². The highest BCUT2D eigenvalue weighted by atomic mass is 79.9. The second-order valence-electron chi connectivity index (χ2n) is 8.49. The molecule has 0 spiro atoms. The molecule has 0 fully saturated rings. The quantitative estimate of drug-likeness (QED) is 0.272. The Balaban J connectivity index is 1.52. The Bertz CT molecular complexity index is 1530. The van der Waals surface area contributed by atoms with Crippen LogP contribution >= 0.6 is 27.5 Å². The van der Waals surface area contributed by atoms with E-state index >= 15 is 0 Å². The van der Waals surface area contributed by atoms with Crippen molar-refractivity contribution < 1.29 is 9.53 Å². The maximum absolute atomic E-state index is 13.2. The van der Waals surface area contributed by atoms with Crippen LogP contribution in [0.25, 0.3) is 10.9 Å². The van der Waals surface area contributed by atoms with E-state index in [2.05, 4.69) is 31.3 Å². The second kappa shape index (κ2) is 11.1. The van der Waals surface area contributed by atoms with E-state index in [1.54, 1.807) is 36.5 Å². The van der Waals surface area contributed by atoms with Crippen LogP contribution in [0, 0.1) is 6.92 Å². The van der Waals surface area contributed by atoms with Gasteiger partial charge < -0.3 is 10.1 Å². The molecule has 0 aliphatic heterocycles. The first kappa shape index (κ1) is 25.6. The van der Waals surface area contributed by atoms with Crippen LogP contribution in [-0.2, 0) is 4.79 Å². The lowest BCUT2D eigenvalue weighted by atomic mass is 10.2. The van der Waals surface area contributed by atoms with Gasteiger partial charge in [0.25, 0.3) is 11.5 Å². The number of rotatable bonds is 7. The average molecular weight is 568 g/mol. The van der Waals surface area contributed by atoms with Crippen LogP contribution in [-0.4, -0.2) is 28.4 Å². The molecule has 36 heavy (non-hydrogen) atoms. The molecular weight excluding hydrogens is 544 g/mol. The summed E-state index contributed by atoms with van der Waals surface area (Å²) in [4.78, 5) is 30.1. The third-order valence-electron chi connectivity index (χ3n) is 5.41. The van der Waals surface area contributed by atoms with Crippen LogP contribution in [0.15, 0.2) is 75.0 Å². The molecule has 4 rings (SSSR count). The maximum atomic E-state index is 13.2. The molecule has 0 aliphatic rings. The summed E-state index contributed by atoms with van der Waals surface area (Å²) < 4.78 is 7.70. The van der Waals surface area contributed by atoms with Gasteiger partial charge in [0.05, 0.1) is 22.1 Å². The summed E-state index contributed by atoms with van der Waals surface area (Å²) in [5.41, 5.74) is 2.71. The van der Waals surface area contributed by atoms with Gasteiger partial charge in [-0.05, 0) is 60.5 Å². The molecule has 184 valence electrons. The molecule has 3 aromatic carbocycles. The minimum atomic E-state index is -0.290. The van der Waals surface area contributed by atoms with Crippen molar-refractivity contribution in [1.29, 1.82) is 0 Å². The van der Waals surface area contributed by atoms with Gasteiger partial charge in [0.2, 0.25) is 0 Å². The third-order valence-corrected chi connectivity index (χ3v) is 6.19. The van der Waals surface area contributed by atoms with Crippen molar-refractivity contribution in [2.75, 3.05) is 11.9 Å². The van der Waals surface area contributed by atoms with E-state index in [1.807, 2.05) is 51.1 Å². The van der Waals surface area contributed by atoms with Crippen molar-refractivity contribution in [3.05, 3.63) is 97.5 Å². The van der Waals surface area contributed by atoms with Crippen LogP contribution in [0.3, 0.4) is 0 Å². The Morgan fingerprint density at radius 2 is 1.97 bits per heavy atom. The standard InChI is InChI=1S/C27H24BrClN4O3/c1-16(2)26-32-23-10-9-19(28)13-20(23)27(35)33(26)30-14-18-8-11-24(21(29)12-18)36-15-25(34)31-22-7-5-4-6-17(22)3/h4-14,16H,15H2,1-3H3,(H,31,34). The molecule has 1 heterocycles. The monoisotopic (exact) mass is 566 g/mol. The number of amides is 1. The van der Waals surface area contributed by atoms with Gasteiger partial charge in [-0.3, -0.25) is 9.59 Å². The van der Waals surface area contributed by atoms with Crippen molar-refractivity contribution in [3.63, 3.8) is 0 Å². The van der Waals surface area contributed by atoms with E-state index in [0.717, 1.165) is 15.7 Å². The van der Waals surface area contributed by atoms with Crippen LogP contribution in [0.5, 0.6) is 5.75 Å². The number of benzene rings is 3. The van der Waals surface area contributed by atoms with Gasteiger partial charge in [-0.15, -0.1) is 0 Å². The Labute approximate surface area is 221 Å². The van der Waals surface area contributed by atoms with Crippen molar-refractivity contribution in [1.82, 2.24) is 9.66 Å². The van der Waals surface area contributed by atoms with Gasteiger partial charge in [-0.2, -0.15) is 9.78 Å². The summed E-state index contributed by atoms with van der Waals surface area (Å²) in [6.45, 7) is 5.64. The molecule has 1 N–H and O–H groups in total. The summed E-state index contributed by atoms with van der Waals surface area (Å²) in [6, 6.07) is 18.0. The normalized spacial score (nSPS) is 11.4. The predicted octanol–water partition coefficient (Wildman–Crippen LogP) is 6.14. The van der Waals surface area contributed by atoms with Crippen molar-refractivity contribution in [2.45, 2.75) is 26.7 Å². The average Bonchev–Trinajstić information content (AvgIpc) is 2.84. The molecular formula is C27H24BrClN4O3. The summed E-state index contributed by atoms with van der Waals surface area (Å²) in [7, 11) is 0. The Hall–Kier alpha value is -3.49. The minimum Gasteiger partial charge on any atom is -0.482 e. The van der Waals surface area contributed by atoms with Crippen molar-refractivity contribution in [2.24, 2.45) is 5.10 Å². The van der Waals surface area contributed by atoms with E-state index in [4.69, 9.17) is 16.3 Å². The summed E-state index contributed by atoms with van der Waals surface area (Å²) in [6.07, 6.45) is 1.54. The largest absolute Gasteiger partial charge is 0.482 e. The number of aryl methyl sites for hydroxylation is 1. The fourth-order valence-electron chi connectivity index (χ4n) is 3.53. The molecule has 0 bridgehead atoms. The van der Waals surface area contributed by atoms with E-state index in [9.17, 15) is 9.59 Å². The van der Waals surface area contributed by atoms with Crippen LogP contribution in [0.4, 0.5) is 5.69 Å². The zero-order chi connectivity index (χ0) is 25.8. The lowest BCUT2D eigenvalue weighted by molar-refractivity contribution is -0.118. The van der Waals surface area contributed by atoms with E-state index in [0.29, 0.717) is 33.1 Å². The molecule has 4 aromatic rings. The highest BCUT2D eigenvalue weighted by Gasteiger charge is 2.14. The number of aromatic nitrogens is 2. The smallest absolute Gasteiger partial charge is 0.282 e. The van der Waals surface area contributed by atoms with E-state index in [1.165, 1.54) is 4.68 Å². The number of hydrogen-bond acceptors (Lipinski definition) is 5. The molecule has 0 atom stereocenters. The van der Waals surface area contributed by atoms with Gasteiger partial charge in [-0.1, -0.05) is 59.6 Å². The Morgan fingerprint density at radius 1 is 1.19 bits per heavy atom. The van der Waals surface area contributed by atoms with Crippen LogP contribution in [0.1, 0.15) is 36.7 Å². The highest BCUT2D eigenvalue weighted by molar-refractivity contribution is 9.10. The van der Waals surface area contributed by atoms with E-state index < -0.39 is 0 Å². The molecule has 9 heteroatoms. The summed E-state index contributed by atoms with van der Waals surface area (Å²) in [5.74, 6) is 0.609. The molecule has 7 nitrogen and oxygen atoms in total. The molecule has 0 aliphatic carbocycles. The molecule has 0 unspecified atom stereocenters. The van der Waals surface area contributed by atoms with Gasteiger partial charge in [0.1, 0.15) is 11.6 Å². The summed E-state index contributed by atoms with van der Waals surface area (Å²) in [5, 5.41) is 8.02.